The normalized spacial score (nSPS) is 14.9. The summed E-state index contributed by atoms with van der Waals surface area (Å²) < 4.78 is 0. The third-order valence-electron chi connectivity index (χ3n) is 2.66. The van der Waals surface area contributed by atoms with Crippen LogP contribution in [0.4, 0.5) is 5.82 Å². The summed E-state index contributed by atoms with van der Waals surface area (Å²) in [7, 11) is 0. The molecular weight excluding hydrogens is 186 g/mol. The first-order chi connectivity index (χ1) is 7.15. The van der Waals surface area contributed by atoms with Crippen molar-refractivity contribution in [2.45, 2.75) is 39.2 Å². The Balaban J connectivity index is 2.61. The van der Waals surface area contributed by atoms with Crippen LogP contribution in [0.2, 0.25) is 0 Å². The van der Waals surface area contributed by atoms with Crippen LogP contribution in [-0.2, 0) is 0 Å². The first-order valence-electron chi connectivity index (χ1n) is 5.59. The first kappa shape index (κ1) is 12.0. The van der Waals surface area contributed by atoms with Crippen molar-refractivity contribution < 1.29 is 0 Å². The Hall–Kier alpha value is -1.09. The second kappa shape index (κ2) is 5.71. The Morgan fingerprint density at radius 1 is 1.47 bits per heavy atom. The van der Waals surface area contributed by atoms with Crippen LogP contribution >= 0.6 is 0 Å². The van der Waals surface area contributed by atoms with Crippen molar-refractivity contribution in [3.05, 3.63) is 23.9 Å². The number of nitrogens with zero attached hydrogens (tertiary/aromatic N) is 1. The number of nitrogens with two attached hydrogens (primary N) is 1. The fourth-order valence-corrected chi connectivity index (χ4v) is 1.94. The fourth-order valence-electron chi connectivity index (χ4n) is 1.94. The van der Waals surface area contributed by atoms with E-state index in [-0.39, 0.29) is 0 Å². The topological polar surface area (TPSA) is 50.9 Å². The van der Waals surface area contributed by atoms with Crippen LogP contribution < -0.4 is 11.1 Å². The maximum absolute atomic E-state index is 5.84. The predicted octanol–water partition coefficient (Wildman–Crippen LogP) is 2.16. The zero-order valence-electron chi connectivity index (χ0n) is 9.83. The van der Waals surface area contributed by atoms with E-state index in [9.17, 15) is 0 Å². The number of nitrogens with one attached hydrogen (secondary N) is 1. The highest BCUT2D eigenvalue weighted by Gasteiger charge is 2.12. The summed E-state index contributed by atoms with van der Waals surface area (Å²) in [5.41, 5.74) is 6.99. The molecule has 0 radical (unpaired) electrons. The molecule has 0 aromatic carbocycles. The monoisotopic (exact) mass is 207 g/mol. The van der Waals surface area contributed by atoms with E-state index in [1.165, 1.54) is 0 Å². The summed E-state index contributed by atoms with van der Waals surface area (Å²) >= 11 is 0. The van der Waals surface area contributed by atoms with Gasteiger partial charge in [-0.3, -0.25) is 0 Å². The van der Waals surface area contributed by atoms with Gasteiger partial charge in [-0.2, -0.15) is 0 Å². The SMILES string of the molecule is CCNC(C)CC(C)c1cccnc1N. The molecule has 3 heteroatoms. The van der Waals surface area contributed by atoms with Crippen molar-refractivity contribution in [2.75, 3.05) is 12.3 Å². The van der Waals surface area contributed by atoms with Crippen LogP contribution in [0.5, 0.6) is 0 Å². The van der Waals surface area contributed by atoms with Crippen LogP contribution in [0.15, 0.2) is 18.3 Å². The molecule has 15 heavy (non-hydrogen) atoms. The van der Waals surface area contributed by atoms with Crippen molar-refractivity contribution in [2.24, 2.45) is 0 Å². The first-order valence-corrected chi connectivity index (χ1v) is 5.59. The van der Waals surface area contributed by atoms with E-state index >= 15 is 0 Å². The summed E-state index contributed by atoms with van der Waals surface area (Å²) in [6, 6.07) is 4.52. The number of aromatic nitrogens is 1. The Kier molecular flexibility index (Phi) is 4.56. The number of anilines is 1. The van der Waals surface area contributed by atoms with Crippen LogP contribution in [0.25, 0.3) is 0 Å². The lowest BCUT2D eigenvalue weighted by Gasteiger charge is -2.18. The molecule has 0 fully saturated rings. The van der Waals surface area contributed by atoms with Crippen molar-refractivity contribution in [3.63, 3.8) is 0 Å². The summed E-state index contributed by atoms with van der Waals surface area (Å²) in [5.74, 6) is 1.11. The van der Waals surface area contributed by atoms with Crippen LogP contribution in [0.1, 0.15) is 38.7 Å². The molecule has 0 aliphatic heterocycles. The maximum atomic E-state index is 5.84. The quantitative estimate of drug-likeness (QED) is 0.778. The van der Waals surface area contributed by atoms with Gasteiger partial charge in [0.05, 0.1) is 0 Å². The van der Waals surface area contributed by atoms with Gasteiger partial charge in [0.15, 0.2) is 0 Å². The van der Waals surface area contributed by atoms with Gasteiger partial charge < -0.3 is 11.1 Å². The smallest absolute Gasteiger partial charge is 0.126 e. The summed E-state index contributed by atoms with van der Waals surface area (Å²) in [6.45, 7) is 7.53. The average molecular weight is 207 g/mol. The van der Waals surface area contributed by atoms with Gasteiger partial charge in [-0.05, 0) is 37.4 Å². The third-order valence-corrected chi connectivity index (χ3v) is 2.66. The molecule has 1 aromatic rings. The van der Waals surface area contributed by atoms with Gasteiger partial charge in [0.2, 0.25) is 0 Å². The van der Waals surface area contributed by atoms with E-state index < -0.39 is 0 Å². The summed E-state index contributed by atoms with van der Waals surface area (Å²) in [5, 5.41) is 3.40. The van der Waals surface area contributed by atoms with Crippen molar-refractivity contribution in [1.29, 1.82) is 0 Å². The Bertz CT molecular complexity index is 299. The molecule has 0 aliphatic rings. The van der Waals surface area contributed by atoms with Gasteiger partial charge >= 0.3 is 0 Å². The number of hydrogen-bond acceptors (Lipinski definition) is 3. The average Bonchev–Trinajstić information content (AvgIpc) is 2.18. The van der Waals surface area contributed by atoms with Crippen molar-refractivity contribution in [1.82, 2.24) is 10.3 Å². The van der Waals surface area contributed by atoms with Crippen LogP contribution in [-0.4, -0.2) is 17.6 Å². The maximum Gasteiger partial charge on any atom is 0.126 e. The minimum absolute atomic E-state index is 0.452. The predicted molar refractivity (Wildman–Crippen MR) is 64.8 cm³/mol. The van der Waals surface area contributed by atoms with Crippen LogP contribution in [0.3, 0.4) is 0 Å². The molecule has 0 bridgehead atoms. The standard InChI is InChI=1S/C12H21N3/c1-4-14-10(3)8-9(2)11-6-5-7-15-12(11)13/h5-7,9-10,14H,4,8H2,1-3H3,(H2,13,15). The number of nitrogen functional groups attached to an aromatic ring is 1. The zero-order chi connectivity index (χ0) is 11.3. The number of pyridine rings is 1. The lowest BCUT2D eigenvalue weighted by Crippen LogP contribution is -2.27. The molecule has 0 saturated heterocycles. The Labute approximate surface area is 92.1 Å². The molecule has 3 nitrogen and oxygen atoms in total. The molecular formula is C12H21N3. The molecule has 2 unspecified atom stereocenters. The van der Waals surface area contributed by atoms with Gasteiger partial charge in [0.1, 0.15) is 5.82 Å². The summed E-state index contributed by atoms with van der Waals surface area (Å²) in [6.07, 6.45) is 2.82. The number of hydrogen-bond donors (Lipinski definition) is 2. The van der Waals surface area contributed by atoms with E-state index in [1.807, 2.05) is 6.07 Å². The molecule has 1 heterocycles. The summed E-state index contributed by atoms with van der Waals surface area (Å²) in [4.78, 5) is 4.11. The highest BCUT2D eigenvalue weighted by atomic mass is 14.9. The molecule has 84 valence electrons. The lowest BCUT2D eigenvalue weighted by molar-refractivity contribution is 0.491. The van der Waals surface area contributed by atoms with Gasteiger partial charge in [0.25, 0.3) is 0 Å². The second-order valence-electron chi connectivity index (χ2n) is 4.07. The van der Waals surface area contributed by atoms with E-state index in [2.05, 4.69) is 37.1 Å². The molecule has 0 spiro atoms. The third kappa shape index (κ3) is 3.51. The fraction of sp³-hybridized carbons (Fsp3) is 0.583. The molecule has 1 rings (SSSR count). The van der Waals surface area contributed by atoms with E-state index in [4.69, 9.17) is 5.73 Å². The van der Waals surface area contributed by atoms with E-state index in [0.29, 0.717) is 17.8 Å². The molecule has 1 aromatic heterocycles. The van der Waals surface area contributed by atoms with Crippen molar-refractivity contribution >= 4 is 5.82 Å². The van der Waals surface area contributed by atoms with Gasteiger partial charge in [-0.25, -0.2) is 4.98 Å². The van der Waals surface area contributed by atoms with Gasteiger partial charge in [-0.15, -0.1) is 0 Å². The minimum atomic E-state index is 0.452. The Morgan fingerprint density at radius 3 is 2.80 bits per heavy atom. The molecule has 0 saturated carbocycles. The van der Waals surface area contributed by atoms with Crippen molar-refractivity contribution in [3.8, 4) is 0 Å². The minimum Gasteiger partial charge on any atom is -0.383 e. The highest BCUT2D eigenvalue weighted by molar-refractivity contribution is 5.40. The molecule has 2 atom stereocenters. The molecule has 3 N–H and O–H groups in total. The van der Waals surface area contributed by atoms with E-state index in [0.717, 1.165) is 18.5 Å². The zero-order valence-corrected chi connectivity index (χ0v) is 9.83. The molecule has 0 aliphatic carbocycles. The second-order valence-corrected chi connectivity index (χ2v) is 4.07. The van der Waals surface area contributed by atoms with Gasteiger partial charge in [0, 0.05) is 12.2 Å². The molecule has 0 amide bonds. The lowest BCUT2D eigenvalue weighted by atomic mass is 9.95. The number of rotatable bonds is 5. The van der Waals surface area contributed by atoms with E-state index in [1.54, 1.807) is 6.20 Å². The van der Waals surface area contributed by atoms with Gasteiger partial charge in [-0.1, -0.05) is 19.9 Å². The van der Waals surface area contributed by atoms with Crippen LogP contribution in [0, 0.1) is 0 Å². The Morgan fingerprint density at radius 2 is 2.20 bits per heavy atom. The largest absolute Gasteiger partial charge is 0.383 e. The highest BCUT2D eigenvalue weighted by Crippen LogP contribution is 2.23.